The molecule has 0 saturated carbocycles. The Bertz CT molecular complexity index is 656. The molecule has 4 nitrogen and oxygen atoms in total. The van der Waals surface area contributed by atoms with Crippen molar-refractivity contribution in [3.05, 3.63) is 34.3 Å². The summed E-state index contributed by atoms with van der Waals surface area (Å²) >= 11 is 0. The van der Waals surface area contributed by atoms with Gasteiger partial charge in [-0.3, -0.25) is 9.36 Å². The number of oxazole rings is 1. The molecule has 18 heavy (non-hydrogen) atoms. The van der Waals surface area contributed by atoms with Crippen LogP contribution >= 0.6 is 0 Å². The molecule has 0 aliphatic carbocycles. The summed E-state index contributed by atoms with van der Waals surface area (Å²) in [6, 6.07) is 5.49. The summed E-state index contributed by atoms with van der Waals surface area (Å²) in [5.74, 6) is -0.470. The van der Waals surface area contributed by atoms with Gasteiger partial charge in [-0.05, 0) is 24.6 Å². The van der Waals surface area contributed by atoms with Gasteiger partial charge in [0.15, 0.2) is 11.4 Å². The molecule has 0 radical (unpaired) electrons. The first-order valence-electron chi connectivity index (χ1n) is 5.92. The SMILES string of the molecule is Cc1ccc2oc(=O)n(CC(=O)C(C)(C)C)c2c1. The second kappa shape index (κ2) is 4.12. The van der Waals surface area contributed by atoms with Crippen LogP contribution in [-0.4, -0.2) is 10.4 Å². The standard InChI is InChI=1S/C14H17NO3/c1-9-5-6-11-10(7-9)15(13(17)18-11)8-12(16)14(2,3)4/h5-7H,8H2,1-4H3. The van der Waals surface area contributed by atoms with Crippen LogP contribution in [0.3, 0.4) is 0 Å². The molecule has 1 aromatic heterocycles. The Labute approximate surface area is 105 Å². The lowest BCUT2D eigenvalue weighted by Crippen LogP contribution is -2.28. The molecule has 0 amide bonds. The van der Waals surface area contributed by atoms with Crippen LogP contribution in [0, 0.1) is 12.3 Å². The Morgan fingerprint density at radius 1 is 1.33 bits per heavy atom. The Balaban J connectivity index is 2.51. The van der Waals surface area contributed by atoms with Gasteiger partial charge >= 0.3 is 5.76 Å². The molecule has 4 heteroatoms. The zero-order chi connectivity index (χ0) is 13.5. The van der Waals surface area contributed by atoms with Crippen molar-refractivity contribution in [1.82, 2.24) is 4.57 Å². The van der Waals surface area contributed by atoms with Crippen LogP contribution in [0.15, 0.2) is 27.4 Å². The van der Waals surface area contributed by atoms with E-state index in [1.165, 1.54) is 4.57 Å². The van der Waals surface area contributed by atoms with Gasteiger partial charge in [0.25, 0.3) is 0 Å². The molecule has 0 saturated heterocycles. The van der Waals surface area contributed by atoms with Crippen LogP contribution in [0.1, 0.15) is 26.3 Å². The summed E-state index contributed by atoms with van der Waals surface area (Å²) in [5.41, 5.74) is 1.76. The van der Waals surface area contributed by atoms with Crippen molar-refractivity contribution in [3.63, 3.8) is 0 Å². The lowest BCUT2D eigenvalue weighted by Gasteiger charge is -2.16. The number of rotatable bonds is 2. The summed E-state index contributed by atoms with van der Waals surface area (Å²) in [6.07, 6.45) is 0. The second-order valence-electron chi connectivity index (χ2n) is 5.60. The van der Waals surface area contributed by atoms with E-state index in [9.17, 15) is 9.59 Å². The van der Waals surface area contributed by atoms with Crippen LogP contribution < -0.4 is 5.76 Å². The van der Waals surface area contributed by atoms with Crippen LogP contribution in [-0.2, 0) is 11.3 Å². The van der Waals surface area contributed by atoms with Gasteiger partial charge in [-0.15, -0.1) is 0 Å². The number of Topliss-reactive ketones (excluding diaryl/α,β-unsaturated/α-hetero) is 1. The van der Waals surface area contributed by atoms with Gasteiger partial charge in [0.05, 0.1) is 12.1 Å². The maximum atomic E-state index is 12.0. The molecular formula is C14H17NO3. The molecule has 2 aromatic rings. The maximum Gasteiger partial charge on any atom is 0.420 e. The molecule has 1 heterocycles. The minimum absolute atomic E-state index is 0.00815. The number of carbonyl (C=O) groups is 1. The van der Waals surface area contributed by atoms with Crippen LogP contribution in [0.4, 0.5) is 0 Å². The van der Waals surface area contributed by atoms with Crippen LogP contribution in [0.2, 0.25) is 0 Å². The Morgan fingerprint density at radius 3 is 2.61 bits per heavy atom. The average Bonchev–Trinajstić information content (AvgIpc) is 2.54. The van der Waals surface area contributed by atoms with E-state index in [1.807, 2.05) is 39.8 Å². The fraction of sp³-hybridized carbons (Fsp3) is 0.429. The third kappa shape index (κ3) is 2.23. The van der Waals surface area contributed by atoms with Crippen molar-refractivity contribution in [3.8, 4) is 0 Å². The molecular weight excluding hydrogens is 230 g/mol. The number of fused-ring (bicyclic) bond motifs is 1. The highest BCUT2D eigenvalue weighted by Crippen LogP contribution is 2.19. The number of carbonyl (C=O) groups excluding carboxylic acids is 1. The molecule has 0 bridgehead atoms. The average molecular weight is 247 g/mol. The normalized spacial score (nSPS) is 12.0. The van der Waals surface area contributed by atoms with E-state index >= 15 is 0 Å². The summed E-state index contributed by atoms with van der Waals surface area (Å²) < 4.78 is 6.52. The van der Waals surface area contributed by atoms with Crippen molar-refractivity contribution in [2.45, 2.75) is 34.2 Å². The monoisotopic (exact) mass is 247 g/mol. The van der Waals surface area contributed by atoms with E-state index in [0.29, 0.717) is 11.1 Å². The predicted octanol–water partition coefficient (Wildman–Crippen LogP) is 2.52. The topological polar surface area (TPSA) is 52.2 Å². The third-order valence-corrected chi connectivity index (χ3v) is 2.96. The van der Waals surface area contributed by atoms with Crippen molar-refractivity contribution >= 4 is 16.9 Å². The first kappa shape index (κ1) is 12.6. The minimum Gasteiger partial charge on any atom is -0.408 e. The smallest absolute Gasteiger partial charge is 0.408 e. The number of aryl methyl sites for hydroxylation is 1. The summed E-state index contributed by atoms with van der Waals surface area (Å²) in [7, 11) is 0. The first-order chi connectivity index (χ1) is 8.29. The summed E-state index contributed by atoms with van der Waals surface area (Å²) in [5, 5.41) is 0. The molecule has 96 valence electrons. The van der Waals surface area contributed by atoms with E-state index < -0.39 is 11.2 Å². The minimum atomic E-state index is -0.479. The molecule has 1 aromatic carbocycles. The fourth-order valence-corrected chi connectivity index (χ4v) is 1.70. The zero-order valence-electron chi connectivity index (χ0n) is 11.1. The molecule has 0 fully saturated rings. The lowest BCUT2D eigenvalue weighted by molar-refractivity contribution is -0.126. The second-order valence-corrected chi connectivity index (χ2v) is 5.60. The Morgan fingerprint density at radius 2 is 2.00 bits per heavy atom. The van der Waals surface area contributed by atoms with Crippen molar-refractivity contribution in [1.29, 1.82) is 0 Å². The Hall–Kier alpha value is -1.84. The molecule has 0 N–H and O–H groups in total. The van der Waals surface area contributed by atoms with Gasteiger partial charge in [0.1, 0.15) is 0 Å². The summed E-state index contributed by atoms with van der Waals surface area (Å²) in [6.45, 7) is 7.52. The molecule has 0 aliphatic rings. The van der Waals surface area contributed by atoms with Gasteiger partial charge < -0.3 is 4.42 Å². The number of benzene rings is 1. The largest absolute Gasteiger partial charge is 0.420 e. The van der Waals surface area contributed by atoms with Gasteiger partial charge in [-0.2, -0.15) is 0 Å². The quantitative estimate of drug-likeness (QED) is 0.819. The number of ketones is 1. The van der Waals surface area contributed by atoms with E-state index in [2.05, 4.69) is 0 Å². The number of hydrogen-bond donors (Lipinski definition) is 0. The highest BCUT2D eigenvalue weighted by Gasteiger charge is 2.23. The third-order valence-electron chi connectivity index (χ3n) is 2.96. The predicted molar refractivity (Wildman–Crippen MR) is 69.7 cm³/mol. The van der Waals surface area contributed by atoms with Crippen molar-refractivity contribution < 1.29 is 9.21 Å². The highest BCUT2D eigenvalue weighted by atomic mass is 16.4. The lowest BCUT2D eigenvalue weighted by atomic mass is 9.91. The Kier molecular flexibility index (Phi) is 2.89. The molecule has 2 rings (SSSR count). The van der Waals surface area contributed by atoms with Crippen molar-refractivity contribution in [2.24, 2.45) is 5.41 Å². The number of nitrogens with zero attached hydrogens (tertiary/aromatic N) is 1. The highest BCUT2D eigenvalue weighted by molar-refractivity contribution is 5.85. The molecule has 0 unspecified atom stereocenters. The van der Waals surface area contributed by atoms with Crippen molar-refractivity contribution in [2.75, 3.05) is 0 Å². The molecule has 0 atom stereocenters. The van der Waals surface area contributed by atoms with Gasteiger partial charge in [0, 0.05) is 5.41 Å². The van der Waals surface area contributed by atoms with E-state index in [0.717, 1.165) is 5.56 Å². The van der Waals surface area contributed by atoms with Gasteiger partial charge in [-0.1, -0.05) is 26.8 Å². The number of aromatic nitrogens is 1. The molecule has 0 aliphatic heterocycles. The van der Waals surface area contributed by atoms with E-state index in [1.54, 1.807) is 6.07 Å². The zero-order valence-corrected chi connectivity index (χ0v) is 11.1. The first-order valence-corrected chi connectivity index (χ1v) is 5.92. The van der Waals surface area contributed by atoms with E-state index in [-0.39, 0.29) is 12.3 Å². The van der Waals surface area contributed by atoms with Crippen LogP contribution in [0.25, 0.3) is 11.1 Å². The van der Waals surface area contributed by atoms with Gasteiger partial charge in [-0.25, -0.2) is 4.79 Å². The maximum absolute atomic E-state index is 12.0. The van der Waals surface area contributed by atoms with Gasteiger partial charge in [0.2, 0.25) is 0 Å². The van der Waals surface area contributed by atoms with Crippen LogP contribution in [0.5, 0.6) is 0 Å². The molecule has 0 spiro atoms. The number of hydrogen-bond acceptors (Lipinski definition) is 3. The van der Waals surface area contributed by atoms with E-state index in [4.69, 9.17) is 4.42 Å². The fourth-order valence-electron chi connectivity index (χ4n) is 1.70. The summed E-state index contributed by atoms with van der Waals surface area (Å²) in [4.78, 5) is 23.8.